The van der Waals surface area contributed by atoms with Crippen molar-refractivity contribution < 1.29 is 0 Å². The number of pyridine rings is 1. The summed E-state index contributed by atoms with van der Waals surface area (Å²) in [5, 5.41) is 21.4. The van der Waals surface area contributed by atoms with Crippen LogP contribution in [0, 0.1) is 16.7 Å². The van der Waals surface area contributed by atoms with Crippen LogP contribution in [0.2, 0.25) is 5.02 Å². The number of fused-ring (bicyclic) bond motifs is 1. The van der Waals surface area contributed by atoms with E-state index in [9.17, 15) is 5.26 Å². The summed E-state index contributed by atoms with van der Waals surface area (Å²) in [7, 11) is 0. The van der Waals surface area contributed by atoms with E-state index in [4.69, 9.17) is 22.7 Å². The topological polar surface area (TPSA) is 90.6 Å². The van der Waals surface area contributed by atoms with E-state index in [1.807, 2.05) is 12.1 Å². The first-order valence-electron chi connectivity index (χ1n) is 6.15. The average molecular weight is 286 g/mol. The van der Waals surface area contributed by atoms with Gasteiger partial charge in [-0.3, -0.25) is 5.41 Å². The van der Waals surface area contributed by atoms with Gasteiger partial charge in [0.2, 0.25) is 0 Å². The lowest BCUT2D eigenvalue weighted by Gasteiger charge is -2.15. The van der Waals surface area contributed by atoms with Gasteiger partial charge in [0.15, 0.2) is 0 Å². The quantitative estimate of drug-likeness (QED) is 0.750. The van der Waals surface area contributed by atoms with Crippen LogP contribution in [0.15, 0.2) is 24.3 Å². The molecule has 2 heterocycles. The number of benzene rings is 1. The van der Waals surface area contributed by atoms with Gasteiger partial charge in [-0.1, -0.05) is 29.8 Å². The van der Waals surface area contributed by atoms with Crippen LogP contribution in [-0.4, -0.2) is 11.1 Å². The van der Waals surface area contributed by atoms with Gasteiger partial charge < -0.3 is 15.6 Å². The Kier molecular flexibility index (Phi) is 2.88. The molecule has 1 aliphatic rings. The van der Waals surface area contributed by atoms with Crippen LogP contribution < -0.4 is 16.5 Å². The predicted molar refractivity (Wildman–Crippen MR) is 78.3 cm³/mol. The number of nitrogens with two attached hydrogens (primary N) is 1. The fourth-order valence-corrected chi connectivity index (χ4v) is 2.74. The van der Waals surface area contributed by atoms with Gasteiger partial charge in [-0.15, -0.1) is 0 Å². The van der Waals surface area contributed by atoms with Crippen LogP contribution in [0.3, 0.4) is 0 Å². The highest BCUT2D eigenvalue weighted by molar-refractivity contribution is 6.33. The number of halogens is 1. The number of hydrogen-bond donors (Lipinski definition) is 3. The molecule has 0 amide bonds. The molecule has 0 atom stereocenters. The van der Waals surface area contributed by atoms with Gasteiger partial charge in [0, 0.05) is 29.2 Å². The van der Waals surface area contributed by atoms with Gasteiger partial charge in [-0.2, -0.15) is 5.26 Å². The zero-order chi connectivity index (χ0) is 14.3. The second-order valence-corrected chi connectivity index (χ2v) is 4.94. The number of nitriles is 1. The first kappa shape index (κ1) is 12.6. The first-order chi connectivity index (χ1) is 9.65. The zero-order valence-electron chi connectivity index (χ0n) is 10.6. The maximum atomic E-state index is 9.41. The Balaban J connectivity index is 2.44. The molecule has 0 saturated heterocycles. The lowest BCUT2D eigenvalue weighted by molar-refractivity contribution is 0.748. The minimum absolute atomic E-state index is 0.254. The van der Waals surface area contributed by atoms with E-state index in [-0.39, 0.29) is 5.49 Å². The zero-order valence-corrected chi connectivity index (χ0v) is 11.3. The number of nitrogen functional groups attached to an aromatic ring is 1. The van der Waals surface area contributed by atoms with Crippen LogP contribution in [-0.2, 0) is 6.54 Å². The third-order valence-electron chi connectivity index (χ3n) is 3.43. The van der Waals surface area contributed by atoms with E-state index in [1.54, 1.807) is 16.7 Å². The van der Waals surface area contributed by atoms with Crippen molar-refractivity contribution in [1.82, 2.24) is 4.57 Å². The minimum Gasteiger partial charge on any atom is -0.395 e. The monoisotopic (exact) mass is 285 g/mol. The van der Waals surface area contributed by atoms with Crippen LogP contribution in [0.5, 0.6) is 0 Å². The van der Waals surface area contributed by atoms with Crippen molar-refractivity contribution >= 4 is 23.1 Å². The van der Waals surface area contributed by atoms with Crippen molar-refractivity contribution in [3.63, 3.8) is 0 Å². The summed E-state index contributed by atoms with van der Waals surface area (Å²) in [5.41, 5.74) is 8.14. The van der Waals surface area contributed by atoms with Crippen LogP contribution in [0.4, 0.5) is 11.5 Å². The molecule has 3 rings (SSSR count). The van der Waals surface area contributed by atoms with Crippen molar-refractivity contribution in [2.45, 2.75) is 6.54 Å². The van der Waals surface area contributed by atoms with Gasteiger partial charge >= 0.3 is 0 Å². The van der Waals surface area contributed by atoms with Crippen molar-refractivity contribution in [2.75, 3.05) is 17.6 Å². The molecule has 0 aliphatic carbocycles. The minimum atomic E-state index is 0.254. The molecule has 100 valence electrons. The van der Waals surface area contributed by atoms with Crippen LogP contribution in [0.1, 0.15) is 5.56 Å². The standard InChI is InChI=1S/C14H12ClN5/c15-10-4-2-1-3-8(10)11-9(7-16)12(17)14-19-5-6-20(14)13(11)18/h1-4,18-19H,5-6,17H2. The van der Waals surface area contributed by atoms with Crippen molar-refractivity contribution in [3.05, 3.63) is 40.3 Å². The Morgan fingerprint density at radius 3 is 2.85 bits per heavy atom. The van der Waals surface area contributed by atoms with E-state index in [0.717, 1.165) is 0 Å². The summed E-state index contributed by atoms with van der Waals surface area (Å²) in [6.45, 7) is 1.36. The van der Waals surface area contributed by atoms with Crippen LogP contribution in [0.25, 0.3) is 11.1 Å². The molecule has 1 aromatic carbocycles. The molecule has 0 fully saturated rings. The lowest BCUT2D eigenvalue weighted by atomic mass is 10.0. The van der Waals surface area contributed by atoms with Crippen LogP contribution >= 0.6 is 11.6 Å². The Morgan fingerprint density at radius 1 is 1.40 bits per heavy atom. The second-order valence-electron chi connectivity index (χ2n) is 4.53. The third-order valence-corrected chi connectivity index (χ3v) is 3.76. The van der Waals surface area contributed by atoms with Gasteiger partial charge in [0.25, 0.3) is 0 Å². The second kappa shape index (κ2) is 4.58. The van der Waals surface area contributed by atoms with Crippen molar-refractivity contribution in [2.24, 2.45) is 0 Å². The summed E-state index contributed by atoms with van der Waals surface area (Å²) < 4.78 is 1.77. The fourth-order valence-electron chi connectivity index (χ4n) is 2.51. The normalized spacial score (nSPS) is 12.6. The SMILES string of the molecule is N#Cc1c(N)c2n(c(=N)c1-c1ccccc1Cl)CCN2. The number of hydrogen-bond acceptors (Lipinski definition) is 4. The molecule has 0 bridgehead atoms. The Labute approximate surface area is 120 Å². The van der Waals surface area contributed by atoms with Crippen molar-refractivity contribution in [1.29, 1.82) is 10.7 Å². The Hall–Kier alpha value is -2.45. The summed E-state index contributed by atoms with van der Waals surface area (Å²) in [6.07, 6.45) is 0. The third kappa shape index (κ3) is 1.66. The Morgan fingerprint density at radius 2 is 2.15 bits per heavy atom. The molecule has 0 saturated carbocycles. The molecule has 5 nitrogen and oxygen atoms in total. The van der Waals surface area contributed by atoms with Gasteiger partial charge in [0.05, 0.1) is 11.3 Å². The number of nitrogens with zero attached hydrogens (tertiary/aromatic N) is 2. The van der Waals surface area contributed by atoms with E-state index in [2.05, 4.69) is 11.4 Å². The molecule has 2 aromatic rings. The maximum absolute atomic E-state index is 9.41. The molecular weight excluding hydrogens is 274 g/mol. The highest BCUT2D eigenvalue weighted by Gasteiger charge is 2.23. The van der Waals surface area contributed by atoms with Gasteiger partial charge in [0.1, 0.15) is 17.4 Å². The fraction of sp³-hybridized carbons (Fsp3) is 0.143. The van der Waals surface area contributed by atoms with E-state index in [1.165, 1.54) is 0 Å². The molecule has 4 N–H and O–H groups in total. The molecule has 0 radical (unpaired) electrons. The molecule has 1 aliphatic heterocycles. The number of aromatic nitrogens is 1. The number of rotatable bonds is 1. The van der Waals surface area contributed by atoms with E-state index >= 15 is 0 Å². The average Bonchev–Trinajstić information content (AvgIpc) is 2.93. The van der Waals surface area contributed by atoms with E-state index < -0.39 is 0 Å². The molecule has 0 unspecified atom stereocenters. The highest BCUT2D eigenvalue weighted by atomic mass is 35.5. The highest BCUT2D eigenvalue weighted by Crippen LogP contribution is 2.34. The molecular formula is C14H12ClN5. The smallest absolute Gasteiger partial charge is 0.135 e. The van der Waals surface area contributed by atoms with Gasteiger partial charge in [-0.25, -0.2) is 0 Å². The summed E-state index contributed by atoms with van der Waals surface area (Å²) in [6, 6.07) is 9.28. The molecule has 0 spiro atoms. The number of nitrogens with one attached hydrogen (secondary N) is 2. The van der Waals surface area contributed by atoms with E-state index in [0.29, 0.717) is 46.3 Å². The first-order valence-corrected chi connectivity index (χ1v) is 6.52. The summed E-state index contributed by atoms with van der Waals surface area (Å²) >= 11 is 6.20. The molecule has 20 heavy (non-hydrogen) atoms. The number of anilines is 2. The maximum Gasteiger partial charge on any atom is 0.135 e. The summed E-state index contributed by atoms with van der Waals surface area (Å²) in [4.78, 5) is 0. The summed E-state index contributed by atoms with van der Waals surface area (Å²) in [5.74, 6) is 0.641. The predicted octanol–water partition coefficient (Wildman–Crippen LogP) is 2.17. The molecule has 6 heteroatoms. The van der Waals surface area contributed by atoms with Crippen molar-refractivity contribution in [3.8, 4) is 17.2 Å². The van der Waals surface area contributed by atoms with Gasteiger partial charge in [-0.05, 0) is 6.07 Å². The Bertz CT molecular complexity index is 800. The largest absolute Gasteiger partial charge is 0.395 e. The molecule has 1 aromatic heterocycles. The lowest BCUT2D eigenvalue weighted by Crippen LogP contribution is -2.23.